The molecule has 1 amide bonds. The maximum atomic E-state index is 13.3. The highest BCUT2D eigenvalue weighted by molar-refractivity contribution is 7.92. The number of carbonyl (C=O) groups excluding carboxylic acids is 1. The van der Waals surface area contributed by atoms with Gasteiger partial charge in [-0.15, -0.1) is 0 Å². The van der Waals surface area contributed by atoms with Crippen molar-refractivity contribution in [2.45, 2.75) is 65.0 Å². The van der Waals surface area contributed by atoms with Crippen LogP contribution in [0.5, 0.6) is 0 Å². The first-order valence-corrected chi connectivity index (χ1v) is 13.0. The normalized spacial score (nSPS) is 15.6. The van der Waals surface area contributed by atoms with Crippen LogP contribution in [-0.2, 0) is 27.7 Å². The summed E-state index contributed by atoms with van der Waals surface area (Å²) in [7, 11) is -3.71. The molecular weight excluding hydrogens is 432 g/mol. The van der Waals surface area contributed by atoms with Gasteiger partial charge in [0, 0.05) is 5.02 Å². The summed E-state index contributed by atoms with van der Waals surface area (Å²) < 4.78 is 26.6. The largest absolute Gasteiger partial charge is 0.348 e. The number of halogens is 1. The number of nitrogens with one attached hydrogen (secondary N) is 1. The Kier molecular flexibility index (Phi) is 7.32. The van der Waals surface area contributed by atoms with Crippen LogP contribution < -0.4 is 9.62 Å². The minimum absolute atomic E-state index is 0.226. The molecule has 0 spiro atoms. The molecule has 168 valence electrons. The van der Waals surface area contributed by atoms with Crippen LogP contribution in [0.3, 0.4) is 0 Å². The summed E-state index contributed by atoms with van der Waals surface area (Å²) >= 11 is 6.14. The summed E-state index contributed by atoms with van der Waals surface area (Å²) in [5.41, 5.74) is 4.94. The van der Waals surface area contributed by atoms with Gasteiger partial charge in [0.05, 0.1) is 18.0 Å². The SMILES string of the molecule is CC[C@@H](C(=O)N[C@H](C)c1ccc2c(c1)CCCC2)N(c1cc(Cl)ccc1C)S(C)(=O)=O. The van der Waals surface area contributed by atoms with Crippen LogP contribution in [0.25, 0.3) is 0 Å². The van der Waals surface area contributed by atoms with Gasteiger partial charge in [-0.3, -0.25) is 9.10 Å². The first kappa shape index (κ1) is 23.6. The molecule has 7 heteroatoms. The molecule has 0 radical (unpaired) electrons. The van der Waals surface area contributed by atoms with Gasteiger partial charge in [-0.2, -0.15) is 0 Å². The van der Waals surface area contributed by atoms with E-state index >= 15 is 0 Å². The third-order valence-corrected chi connectivity index (χ3v) is 7.37. The molecule has 0 aliphatic heterocycles. The first-order chi connectivity index (χ1) is 14.6. The second kappa shape index (κ2) is 9.61. The lowest BCUT2D eigenvalue weighted by Gasteiger charge is -2.32. The maximum Gasteiger partial charge on any atom is 0.244 e. The number of hydrogen-bond acceptors (Lipinski definition) is 3. The zero-order chi connectivity index (χ0) is 22.8. The van der Waals surface area contributed by atoms with Crippen molar-refractivity contribution in [3.05, 3.63) is 63.7 Å². The quantitative estimate of drug-likeness (QED) is 0.633. The van der Waals surface area contributed by atoms with Crippen molar-refractivity contribution in [2.75, 3.05) is 10.6 Å². The van der Waals surface area contributed by atoms with Gasteiger partial charge in [0.1, 0.15) is 6.04 Å². The van der Waals surface area contributed by atoms with Gasteiger partial charge in [0.15, 0.2) is 0 Å². The van der Waals surface area contributed by atoms with Gasteiger partial charge < -0.3 is 5.32 Å². The fraction of sp³-hybridized carbons (Fsp3) is 0.458. The minimum Gasteiger partial charge on any atom is -0.348 e. The summed E-state index contributed by atoms with van der Waals surface area (Å²) in [6.07, 6.45) is 6.05. The lowest BCUT2D eigenvalue weighted by atomic mass is 9.89. The first-order valence-electron chi connectivity index (χ1n) is 10.8. The van der Waals surface area contributed by atoms with E-state index < -0.39 is 16.1 Å². The molecule has 0 heterocycles. The van der Waals surface area contributed by atoms with E-state index in [4.69, 9.17) is 11.6 Å². The molecule has 5 nitrogen and oxygen atoms in total. The van der Waals surface area contributed by atoms with Gasteiger partial charge in [-0.25, -0.2) is 8.42 Å². The number of rotatable bonds is 7. The molecule has 0 saturated carbocycles. The van der Waals surface area contributed by atoms with E-state index in [9.17, 15) is 13.2 Å². The highest BCUT2D eigenvalue weighted by Gasteiger charge is 2.33. The summed E-state index contributed by atoms with van der Waals surface area (Å²) in [4.78, 5) is 13.3. The molecule has 0 aromatic heterocycles. The lowest BCUT2D eigenvalue weighted by Crippen LogP contribution is -2.50. The predicted octanol–water partition coefficient (Wildman–Crippen LogP) is 4.95. The molecule has 2 atom stereocenters. The molecule has 0 unspecified atom stereocenters. The second-order valence-corrected chi connectivity index (χ2v) is 10.7. The average Bonchev–Trinajstić information content (AvgIpc) is 2.72. The fourth-order valence-corrected chi connectivity index (χ4v) is 5.70. The number of hydrogen-bond donors (Lipinski definition) is 1. The lowest BCUT2D eigenvalue weighted by molar-refractivity contribution is -0.122. The molecule has 2 aromatic rings. The van der Waals surface area contributed by atoms with Crippen LogP contribution in [0.15, 0.2) is 36.4 Å². The summed E-state index contributed by atoms with van der Waals surface area (Å²) in [6, 6.07) is 10.4. The molecule has 3 rings (SSSR count). The van der Waals surface area contributed by atoms with Crippen molar-refractivity contribution in [1.29, 1.82) is 0 Å². The van der Waals surface area contributed by atoms with Crippen molar-refractivity contribution < 1.29 is 13.2 Å². The zero-order valence-electron chi connectivity index (χ0n) is 18.6. The Labute approximate surface area is 190 Å². The van der Waals surface area contributed by atoms with E-state index in [-0.39, 0.29) is 11.9 Å². The Morgan fingerprint density at radius 2 is 1.81 bits per heavy atom. The summed E-state index contributed by atoms with van der Waals surface area (Å²) in [6.45, 7) is 5.56. The molecule has 0 saturated heterocycles. The Bertz CT molecular complexity index is 1070. The second-order valence-electron chi connectivity index (χ2n) is 8.38. The number of aryl methyl sites for hydroxylation is 3. The topological polar surface area (TPSA) is 66.5 Å². The smallest absolute Gasteiger partial charge is 0.244 e. The van der Waals surface area contributed by atoms with Crippen molar-refractivity contribution in [3.63, 3.8) is 0 Å². The Balaban J connectivity index is 1.87. The minimum atomic E-state index is -3.71. The van der Waals surface area contributed by atoms with E-state index in [0.717, 1.165) is 30.2 Å². The molecule has 31 heavy (non-hydrogen) atoms. The number of amides is 1. The van der Waals surface area contributed by atoms with Crippen LogP contribution in [-0.4, -0.2) is 26.6 Å². The standard InChI is InChI=1S/C24H31ClN2O3S/c1-5-22(27(31(4,29)30)23-15-21(25)13-10-16(23)2)24(28)26-17(3)19-12-11-18-8-6-7-9-20(18)14-19/h10-15,17,22H,5-9H2,1-4H3,(H,26,28)/t17-,22+/m1/s1. The Hall–Kier alpha value is -2.05. The predicted molar refractivity (Wildman–Crippen MR) is 127 cm³/mol. The van der Waals surface area contributed by atoms with E-state index in [1.807, 2.05) is 20.8 Å². The van der Waals surface area contributed by atoms with Crippen LogP contribution in [0.2, 0.25) is 5.02 Å². The van der Waals surface area contributed by atoms with E-state index in [2.05, 4.69) is 23.5 Å². The molecule has 0 bridgehead atoms. The molecular formula is C24H31ClN2O3S. The van der Waals surface area contributed by atoms with Crippen molar-refractivity contribution in [3.8, 4) is 0 Å². The maximum absolute atomic E-state index is 13.3. The number of sulfonamides is 1. The summed E-state index contributed by atoms with van der Waals surface area (Å²) in [5, 5.41) is 3.46. The number of anilines is 1. The molecule has 2 aromatic carbocycles. The van der Waals surface area contributed by atoms with Gasteiger partial charge >= 0.3 is 0 Å². The number of nitrogens with zero attached hydrogens (tertiary/aromatic N) is 1. The van der Waals surface area contributed by atoms with Gasteiger partial charge in [-0.05, 0) is 80.3 Å². The highest BCUT2D eigenvalue weighted by Crippen LogP contribution is 2.30. The van der Waals surface area contributed by atoms with E-state index in [0.29, 0.717) is 17.1 Å². The van der Waals surface area contributed by atoms with Crippen LogP contribution in [0.4, 0.5) is 5.69 Å². The third kappa shape index (κ3) is 5.42. The fourth-order valence-electron chi connectivity index (χ4n) is 4.27. The Morgan fingerprint density at radius 1 is 1.13 bits per heavy atom. The zero-order valence-corrected chi connectivity index (χ0v) is 20.2. The Morgan fingerprint density at radius 3 is 2.45 bits per heavy atom. The van der Waals surface area contributed by atoms with Gasteiger partial charge in [-0.1, -0.05) is 42.8 Å². The highest BCUT2D eigenvalue weighted by atomic mass is 35.5. The molecule has 1 N–H and O–H groups in total. The van der Waals surface area contributed by atoms with Gasteiger partial charge in [0.2, 0.25) is 15.9 Å². The van der Waals surface area contributed by atoms with E-state index in [1.165, 1.54) is 28.3 Å². The van der Waals surface area contributed by atoms with Crippen molar-refractivity contribution >= 4 is 33.2 Å². The third-order valence-electron chi connectivity index (χ3n) is 5.97. The number of carbonyl (C=O) groups is 1. The van der Waals surface area contributed by atoms with Crippen LogP contribution >= 0.6 is 11.6 Å². The molecule has 0 fully saturated rings. The number of fused-ring (bicyclic) bond motifs is 1. The summed E-state index contributed by atoms with van der Waals surface area (Å²) in [5.74, 6) is -0.322. The molecule has 1 aliphatic rings. The number of benzene rings is 2. The van der Waals surface area contributed by atoms with Crippen LogP contribution in [0.1, 0.15) is 61.4 Å². The van der Waals surface area contributed by atoms with Crippen LogP contribution in [0, 0.1) is 6.92 Å². The van der Waals surface area contributed by atoms with Gasteiger partial charge in [0.25, 0.3) is 0 Å². The molecule has 1 aliphatic carbocycles. The average molecular weight is 463 g/mol. The van der Waals surface area contributed by atoms with Crippen molar-refractivity contribution in [1.82, 2.24) is 5.32 Å². The van der Waals surface area contributed by atoms with Crippen molar-refractivity contribution in [2.24, 2.45) is 0 Å². The van der Waals surface area contributed by atoms with E-state index in [1.54, 1.807) is 18.2 Å². The monoisotopic (exact) mass is 462 g/mol.